The van der Waals surface area contributed by atoms with Gasteiger partial charge in [-0.25, -0.2) is 4.68 Å². The van der Waals surface area contributed by atoms with Crippen LogP contribution in [0.1, 0.15) is 37.0 Å². The second-order valence-corrected chi connectivity index (χ2v) is 9.68. The van der Waals surface area contributed by atoms with Crippen molar-refractivity contribution in [3.8, 4) is 11.6 Å². The Balaban J connectivity index is 1.96. The van der Waals surface area contributed by atoms with E-state index in [0.717, 1.165) is 35.2 Å². The zero-order valence-corrected chi connectivity index (χ0v) is 18.7. The SMILES string of the molecule is CCC(CC)Oc1ccc2nn(CC(=O)c3cc(OC)cc(S(F)(F)(F)(F)F)c3)c(=N)n2n1. The molecular formula is C19H22F5N5O3S. The maximum absolute atomic E-state index is 13.3. The summed E-state index contributed by atoms with van der Waals surface area (Å²) in [6.07, 6.45) is 1.39. The molecule has 0 unspecified atom stereocenters. The lowest BCUT2D eigenvalue weighted by atomic mass is 10.1. The van der Waals surface area contributed by atoms with Crippen LogP contribution < -0.4 is 15.1 Å². The lowest BCUT2D eigenvalue weighted by molar-refractivity contribution is 0.0965. The van der Waals surface area contributed by atoms with E-state index in [4.69, 9.17) is 10.1 Å². The molecule has 0 spiro atoms. The average Bonchev–Trinajstić information content (AvgIpc) is 3.04. The highest BCUT2D eigenvalue weighted by molar-refractivity contribution is 8.45. The number of benzene rings is 1. The molecule has 3 aromatic rings. The summed E-state index contributed by atoms with van der Waals surface area (Å²) >= 11 is 0. The first-order valence-electron chi connectivity index (χ1n) is 9.79. The molecule has 1 aromatic carbocycles. The Morgan fingerprint density at radius 1 is 1.09 bits per heavy atom. The Morgan fingerprint density at radius 2 is 1.76 bits per heavy atom. The maximum Gasteiger partial charge on any atom is 0.310 e. The van der Waals surface area contributed by atoms with Gasteiger partial charge in [0.05, 0.1) is 13.2 Å². The predicted molar refractivity (Wildman–Crippen MR) is 111 cm³/mol. The average molecular weight is 495 g/mol. The number of carbonyl (C=O) groups is 1. The third kappa shape index (κ3) is 5.43. The van der Waals surface area contributed by atoms with Crippen molar-refractivity contribution in [1.82, 2.24) is 19.4 Å². The Labute approximate surface area is 185 Å². The zero-order valence-electron chi connectivity index (χ0n) is 17.9. The van der Waals surface area contributed by atoms with Gasteiger partial charge in [0.2, 0.25) is 11.5 Å². The minimum absolute atomic E-state index is 0.0756. The van der Waals surface area contributed by atoms with Crippen LogP contribution in [0.5, 0.6) is 11.6 Å². The van der Waals surface area contributed by atoms with Crippen molar-refractivity contribution in [3.63, 3.8) is 0 Å². The first-order chi connectivity index (χ1) is 15.1. The fourth-order valence-electron chi connectivity index (χ4n) is 3.01. The Bertz CT molecular complexity index is 1270. The molecular weight excluding hydrogens is 473 g/mol. The standard InChI is InChI=1S/C19H22F5N5O3S/c1-4-13(5-2)32-18-7-6-17-26-28(19(25)29(17)27-18)11-16(30)12-8-14(31-3)10-15(9-12)33(20,21,22,23)24/h6-10,13,25H,4-5,11H2,1-3H3. The summed E-state index contributed by atoms with van der Waals surface area (Å²) in [5, 5.41) is 16.4. The molecule has 0 saturated heterocycles. The number of ether oxygens (including phenoxy) is 2. The number of halogens is 5. The van der Waals surface area contributed by atoms with E-state index in [1.807, 2.05) is 13.8 Å². The highest BCUT2D eigenvalue weighted by atomic mass is 32.5. The second-order valence-electron chi connectivity index (χ2n) is 7.27. The lowest BCUT2D eigenvalue weighted by Gasteiger charge is -2.40. The van der Waals surface area contributed by atoms with Gasteiger partial charge in [-0.1, -0.05) is 33.3 Å². The van der Waals surface area contributed by atoms with Crippen LogP contribution in [0.15, 0.2) is 35.2 Å². The molecule has 8 nitrogen and oxygen atoms in total. The van der Waals surface area contributed by atoms with Gasteiger partial charge in [-0.2, -0.15) is 4.52 Å². The van der Waals surface area contributed by atoms with Gasteiger partial charge in [0, 0.05) is 17.7 Å². The van der Waals surface area contributed by atoms with E-state index in [1.165, 1.54) is 12.1 Å². The van der Waals surface area contributed by atoms with Gasteiger partial charge in [0.1, 0.15) is 17.2 Å². The van der Waals surface area contributed by atoms with Gasteiger partial charge < -0.3 is 9.47 Å². The summed E-state index contributed by atoms with van der Waals surface area (Å²) in [6, 6.07) is 4.16. The van der Waals surface area contributed by atoms with E-state index < -0.39 is 38.8 Å². The van der Waals surface area contributed by atoms with Gasteiger partial charge in [-0.15, -0.1) is 10.2 Å². The molecule has 182 valence electrons. The summed E-state index contributed by atoms with van der Waals surface area (Å²) in [6.45, 7) is 3.21. The van der Waals surface area contributed by atoms with E-state index >= 15 is 0 Å². The lowest BCUT2D eigenvalue weighted by Crippen LogP contribution is -2.26. The van der Waals surface area contributed by atoms with Crippen LogP contribution in [-0.2, 0) is 6.54 Å². The molecule has 14 heteroatoms. The van der Waals surface area contributed by atoms with E-state index in [0.29, 0.717) is 0 Å². The van der Waals surface area contributed by atoms with Crippen LogP contribution in [0.2, 0.25) is 0 Å². The summed E-state index contributed by atoms with van der Waals surface area (Å²) in [4.78, 5) is 10.4. The van der Waals surface area contributed by atoms with E-state index in [-0.39, 0.29) is 35.4 Å². The van der Waals surface area contributed by atoms with Gasteiger partial charge in [-0.3, -0.25) is 10.2 Å². The smallest absolute Gasteiger partial charge is 0.310 e. The number of hydrogen-bond acceptors (Lipinski definition) is 6. The topological polar surface area (TPSA) is 94.5 Å². The fraction of sp³-hybridized carbons (Fsp3) is 0.368. The highest BCUT2D eigenvalue weighted by Crippen LogP contribution is 3.02. The Morgan fingerprint density at radius 3 is 2.33 bits per heavy atom. The van der Waals surface area contributed by atoms with Crippen LogP contribution >= 0.6 is 10.2 Å². The summed E-state index contributed by atoms with van der Waals surface area (Å²) < 4.78 is 78.8. The molecule has 0 fully saturated rings. The molecule has 2 aromatic heterocycles. The van der Waals surface area contributed by atoms with Gasteiger partial charge in [0.15, 0.2) is 11.4 Å². The second kappa shape index (κ2) is 7.71. The first kappa shape index (κ1) is 24.5. The minimum atomic E-state index is -10.1. The van der Waals surface area contributed by atoms with Crippen LogP contribution in [-0.4, -0.2) is 38.4 Å². The number of nitrogens with zero attached hydrogens (tertiary/aromatic N) is 4. The number of methoxy groups -OCH3 is 1. The molecule has 0 aliphatic heterocycles. The quantitative estimate of drug-likeness (QED) is 0.328. The molecule has 0 bridgehead atoms. The Kier molecular flexibility index (Phi) is 5.72. The van der Waals surface area contributed by atoms with Crippen LogP contribution in [0.25, 0.3) is 5.65 Å². The number of aromatic nitrogens is 4. The number of rotatable bonds is 9. The van der Waals surface area contributed by atoms with Crippen molar-refractivity contribution in [2.75, 3.05) is 7.11 Å². The molecule has 2 heterocycles. The maximum atomic E-state index is 13.3. The van der Waals surface area contributed by atoms with Gasteiger partial charge >= 0.3 is 10.2 Å². The number of carbonyl (C=O) groups excluding carboxylic acids is 1. The largest absolute Gasteiger partial charge is 0.497 e. The molecule has 1 N–H and O–H groups in total. The molecule has 0 atom stereocenters. The van der Waals surface area contributed by atoms with Crippen LogP contribution in [0, 0.1) is 5.41 Å². The van der Waals surface area contributed by atoms with E-state index in [1.54, 1.807) is 0 Å². The third-order valence-electron chi connectivity index (χ3n) is 4.83. The molecule has 0 radical (unpaired) electrons. The number of ketones is 1. The third-order valence-corrected chi connectivity index (χ3v) is 5.96. The number of Topliss-reactive ketones (excluding diaryl/α,β-unsaturated/α-hetero) is 1. The fourth-order valence-corrected chi connectivity index (χ4v) is 3.70. The highest BCUT2D eigenvalue weighted by Gasteiger charge is 2.65. The van der Waals surface area contributed by atoms with Crippen LogP contribution in [0.3, 0.4) is 0 Å². The normalized spacial score (nSPS) is 14.2. The molecule has 0 saturated carbocycles. The van der Waals surface area contributed by atoms with Crippen molar-refractivity contribution in [1.29, 1.82) is 5.41 Å². The molecule has 33 heavy (non-hydrogen) atoms. The molecule has 3 rings (SSSR count). The minimum Gasteiger partial charge on any atom is -0.497 e. The monoisotopic (exact) mass is 495 g/mol. The van der Waals surface area contributed by atoms with Gasteiger partial charge in [-0.05, 0) is 31.0 Å². The zero-order chi connectivity index (χ0) is 24.7. The molecule has 0 aliphatic carbocycles. The predicted octanol–water partition coefficient (Wildman–Crippen LogP) is 5.13. The summed E-state index contributed by atoms with van der Waals surface area (Å²) in [5.74, 6) is -1.30. The number of nitrogens with one attached hydrogen (secondary N) is 1. The number of hydrogen-bond donors (Lipinski definition) is 1. The van der Waals surface area contributed by atoms with Gasteiger partial charge in [0.25, 0.3) is 0 Å². The van der Waals surface area contributed by atoms with Crippen molar-refractivity contribution in [2.45, 2.75) is 44.2 Å². The van der Waals surface area contributed by atoms with E-state index in [9.17, 15) is 24.2 Å². The first-order valence-corrected chi connectivity index (χ1v) is 11.7. The van der Waals surface area contributed by atoms with Crippen LogP contribution in [0.4, 0.5) is 19.4 Å². The van der Waals surface area contributed by atoms with Crippen molar-refractivity contribution < 1.29 is 33.7 Å². The van der Waals surface area contributed by atoms with E-state index in [2.05, 4.69) is 14.9 Å². The molecule has 0 amide bonds. The Hall–Kier alpha value is -3.16. The van der Waals surface area contributed by atoms with Crippen molar-refractivity contribution >= 4 is 21.7 Å². The molecule has 0 aliphatic rings. The van der Waals surface area contributed by atoms with Crippen molar-refractivity contribution in [2.24, 2.45) is 0 Å². The van der Waals surface area contributed by atoms with Crippen molar-refractivity contribution in [3.05, 3.63) is 41.5 Å². The number of fused-ring (bicyclic) bond motifs is 1. The summed E-state index contributed by atoms with van der Waals surface area (Å²) in [5.41, 5.74) is -0.834. The summed E-state index contributed by atoms with van der Waals surface area (Å²) in [7, 11) is -9.06.